The van der Waals surface area contributed by atoms with Crippen molar-refractivity contribution in [1.29, 1.82) is 0 Å². The van der Waals surface area contributed by atoms with Crippen LogP contribution >= 0.6 is 0 Å². The molecular formula is C19H30N4O3. The van der Waals surface area contributed by atoms with Crippen LogP contribution in [0.25, 0.3) is 0 Å². The third-order valence-corrected chi connectivity index (χ3v) is 5.97. The number of likely N-dealkylation sites (tertiary alicyclic amines) is 1. The second-order valence-corrected chi connectivity index (χ2v) is 8.01. The van der Waals surface area contributed by atoms with Crippen LogP contribution in [-0.2, 0) is 16.0 Å². The maximum absolute atomic E-state index is 12.9. The molecule has 0 bridgehead atoms. The molecule has 0 spiro atoms. The topological polar surface area (TPSA) is 71.7 Å². The van der Waals surface area contributed by atoms with Crippen LogP contribution in [0.2, 0.25) is 0 Å². The van der Waals surface area contributed by atoms with Crippen molar-refractivity contribution in [3.8, 4) is 0 Å². The number of hydrogen-bond donors (Lipinski definition) is 0. The molecule has 3 heterocycles. The van der Waals surface area contributed by atoms with Gasteiger partial charge in [0.05, 0.1) is 5.92 Å². The average molecular weight is 362 g/mol. The standard InChI is InChI=1S/C19H30N4O3/c1-22(10-6-17-20-18(26-21-17)14-4-5-14)19(24)15-3-2-9-23(13-15)16-7-11-25-12-8-16/h14-16H,2-13H2,1H3/t15-/m0/s1. The molecule has 1 aromatic rings. The van der Waals surface area contributed by atoms with Crippen LogP contribution in [-0.4, -0.2) is 71.8 Å². The molecule has 1 amide bonds. The first-order chi connectivity index (χ1) is 12.7. The molecule has 2 aliphatic heterocycles. The van der Waals surface area contributed by atoms with Crippen molar-refractivity contribution in [2.24, 2.45) is 5.92 Å². The fourth-order valence-corrected chi connectivity index (χ4v) is 4.14. The van der Waals surface area contributed by atoms with Crippen LogP contribution < -0.4 is 0 Å². The molecule has 1 atom stereocenters. The number of carbonyl (C=O) groups excluding carboxylic acids is 1. The zero-order valence-corrected chi connectivity index (χ0v) is 15.7. The summed E-state index contributed by atoms with van der Waals surface area (Å²) in [4.78, 5) is 21.7. The number of amides is 1. The van der Waals surface area contributed by atoms with Crippen molar-refractivity contribution in [1.82, 2.24) is 19.9 Å². The molecule has 26 heavy (non-hydrogen) atoms. The van der Waals surface area contributed by atoms with Crippen molar-refractivity contribution < 1.29 is 14.1 Å². The molecule has 3 aliphatic rings. The lowest BCUT2D eigenvalue weighted by atomic mass is 9.93. The average Bonchev–Trinajstić information content (AvgIpc) is 3.44. The van der Waals surface area contributed by atoms with Crippen molar-refractivity contribution in [2.75, 3.05) is 39.9 Å². The lowest BCUT2D eigenvalue weighted by Crippen LogP contribution is -2.49. The number of rotatable bonds is 6. The van der Waals surface area contributed by atoms with Crippen LogP contribution in [0.1, 0.15) is 56.2 Å². The van der Waals surface area contributed by atoms with E-state index in [4.69, 9.17) is 9.26 Å². The molecule has 7 nitrogen and oxygen atoms in total. The van der Waals surface area contributed by atoms with Gasteiger partial charge < -0.3 is 14.2 Å². The second-order valence-electron chi connectivity index (χ2n) is 8.01. The molecule has 0 N–H and O–H groups in total. The molecule has 144 valence electrons. The van der Waals surface area contributed by atoms with E-state index < -0.39 is 0 Å². The molecule has 3 fully saturated rings. The number of piperidine rings is 1. The van der Waals surface area contributed by atoms with Gasteiger partial charge in [-0.25, -0.2) is 0 Å². The minimum absolute atomic E-state index is 0.115. The summed E-state index contributed by atoms with van der Waals surface area (Å²) in [6.45, 7) is 4.36. The zero-order chi connectivity index (χ0) is 17.9. The Hall–Kier alpha value is -1.47. The Morgan fingerprint density at radius 3 is 2.81 bits per heavy atom. The summed E-state index contributed by atoms with van der Waals surface area (Å²) in [6.07, 6.45) is 7.27. The quantitative estimate of drug-likeness (QED) is 0.769. The Balaban J connectivity index is 1.26. The van der Waals surface area contributed by atoms with E-state index in [1.54, 1.807) is 0 Å². The molecule has 1 aliphatic carbocycles. The lowest BCUT2D eigenvalue weighted by molar-refractivity contribution is -0.136. The largest absolute Gasteiger partial charge is 0.381 e. The molecule has 1 saturated carbocycles. The molecule has 0 aromatic carbocycles. The predicted molar refractivity (Wildman–Crippen MR) is 95.8 cm³/mol. The Labute approximate surface area is 155 Å². The summed E-state index contributed by atoms with van der Waals surface area (Å²) < 4.78 is 10.8. The van der Waals surface area contributed by atoms with E-state index in [0.29, 0.717) is 24.9 Å². The number of carbonyl (C=O) groups is 1. The highest BCUT2D eigenvalue weighted by Crippen LogP contribution is 2.38. The molecule has 7 heteroatoms. The molecule has 1 aromatic heterocycles. The van der Waals surface area contributed by atoms with Gasteiger partial charge in [0.1, 0.15) is 0 Å². The number of nitrogens with zero attached hydrogens (tertiary/aromatic N) is 4. The van der Waals surface area contributed by atoms with Gasteiger partial charge in [0, 0.05) is 51.7 Å². The van der Waals surface area contributed by atoms with E-state index in [1.165, 1.54) is 0 Å². The number of hydrogen-bond acceptors (Lipinski definition) is 6. The maximum atomic E-state index is 12.9. The van der Waals surface area contributed by atoms with Gasteiger partial charge in [-0.3, -0.25) is 9.69 Å². The third kappa shape index (κ3) is 4.26. The van der Waals surface area contributed by atoms with Crippen LogP contribution in [0.5, 0.6) is 0 Å². The van der Waals surface area contributed by atoms with Gasteiger partial charge in [0.2, 0.25) is 11.8 Å². The monoisotopic (exact) mass is 362 g/mol. The van der Waals surface area contributed by atoms with E-state index in [0.717, 1.165) is 76.5 Å². The van der Waals surface area contributed by atoms with Gasteiger partial charge in [0.15, 0.2) is 5.82 Å². The normalized spacial score (nSPS) is 25.3. The van der Waals surface area contributed by atoms with Crippen molar-refractivity contribution in [2.45, 2.75) is 56.9 Å². The molecule has 0 unspecified atom stereocenters. The minimum atomic E-state index is 0.115. The van der Waals surface area contributed by atoms with E-state index in [1.807, 2.05) is 11.9 Å². The highest BCUT2D eigenvalue weighted by molar-refractivity contribution is 5.78. The van der Waals surface area contributed by atoms with Gasteiger partial charge in [-0.05, 0) is 45.1 Å². The van der Waals surface area contributed by atoms with E-state index in [9.17, 15) is 4.79 Å². The summed E-state index contributed by atoms with van der Waals surface area (Å²) in [5.41, 5.74) is 0. The summed E-state index contributed by atoms with van der Waals surface area (Å²) in [5.74, 6) is 2.35. The van der Waals surface area contributed by atoms with Crippen molar-refractivity contribution >= 4 is 5.91 Å². The third-order valence-electron chi connectivity index (χ3n) is 5.97. The van der Waals surface area contributed by atoms with Gasteiger partial charge in [-0.2, -0.15) is 4.98 Å². The fraction of sp³-hybridized carbons (Fsp3) is 0.842. The lowest BCUT2D eigenvalue weighted by Gasteiger charge is -2.40. The summed E-state index contributed by atoms with van der Waals surface area (Å²) in [6, 6.07) is 0.588. The summed E-state index contributed by atoms with van der Waals surface area (Å²) in [5, 5.41) is 4.05. The molecule has 0 radical (unpaired) electrons. The summed E-state index contributed by atoms with van der Waals surface area (Å²) in [7, 11) is 1.90. The van der Waals surface area contributed by atoms with Crippen LogP contribution in [0.15, 0.2) is 4.52 Å². The van der Waals surface area contributed by atoms with Crippen LogP contribution in [0.4, 0.5) is 0 Å². The first-order valence-corrected chi connectivity index (χ1v) is 10.1. The number of likely N-dealkylation sites (N-methyl/N-ethyl adjacent to an activating group) is 1. The highest BCUT2D eigenvalue weighted by atomic mass is 16.5. The molecule has 2 saturated heterocycles. The Morgan fingerprint density at radius 2 is 2.04 bits per heavy atom. The van der Waals surface area contributed by atoms with E-state index in [-0.39, 0.29) is 11.8 Å². The number of ether oxygens (including phenoxy) is 1. The van der Waals surface area contributed by atoms with Crippen LogP contribution in [0, 0.1) is 5.92 Å². The smallest absolute Gasteiger partial charge is 0.229 e. The van der Waals surface area contributed by atoms with Crippen molar-refractivity contribution in [3.63, 3.8) is 0 Å². The Kier molecular flexibility index (Phi) is 5.55. The minimum Gasteiger partial charge on any atom is -0.381 e. The van der Waals surface area contributed by atoms with Crippen LogP contribution in [0.3, 0.4) is 0 Å². The maximum Gasteiger partial charge on any atom is 0.229 e. The fourth-order valence-electron chi connectivity index (χ4n) is 4.14. The van der Waals surface area contributed by atoms with Crippen molar-refractivity contribution in [3.05, 3.63) is 11.7 Å². The van der Waals surface area contributed by atoms with Gasteiger partial charge in [-0.1, -0.05) is 5.16 Å². The van der Waals surface area contributed by atoms with E-state index in [2.05, 4.69) is 15.0 Å². The summed E-state index contributed by atoms with van der Waals surface area (Å²) >= 11 is 0. The SMILES string of the molecule is CN(CCc1noc(C2CC2)n1)C(=O)[C@H]1CCCN(C2CCOCC2)C1. The van der Waals surface area contributed by atoms with Gasteiger partial charge in [0.25, 0.3) is 0 Å². The Bertz CT molecular complexity index is 610. The first kappa shape index (κ1) is 17.9. The second kappa shape index (κ2) is 8.05. The predicted octanol–water partition coefficient (Wildman–Crippen LogP) is 1.84. The molecular weight excluding hydrogens is 332 g/mol. The van der Waals surface area contributed by atoms with Gasteiger partial charge >= 0.3 is 0 Å². The Morgan fingerprint density at radius 1 is 1.23 bits per heavy atom. The first-order valence-electron chi connectivity index (χ1n) is 10.1. The van der Waals surface area contributed by atoms with E-state index >= 15 is 0 Å². The van der Waals surface area contributed by atoms with Gasteiger partial charge in [-0.15, -0.1) is 0 Å². The molecule has 4 rings (SSSR count). The number of aromatic nitrogens is 2. The zero-order valence-electron chi connectivity index (χ0n) is 15.7. The highest BCUT2D eigenvalue weighted by Gasteiger charge is 2.32.